The largest absolute Gasteiger partial charge is 0.391 e. The van der Waals surface area contributed by atoms with Gasteiger partial charge in [0.15, 0.2) is 5.17 Å². The lowest BCUT2D eigenvalue weighted by Crippen LogP contribution is -2.40. The first kappa shape index (κ1) is 24.1. The maximum absolute atomic E-state index is 11.4. The van der Waals surface area contributed by atoms with Crippen LogP contribution in [0.4, 0.5) is 11.4 Å². The van der Waals surface area contributed by atoms with Gasteiger partial charge in [-0.3, -0.25) is 10.1 Å². The van der Waals surface area contributed by atoms with E-state index < -0.39 is 5.60 Å². The zero-order valence-electron chi connectivity index (χ0n) is 19.4. The van der Waals surface area contributed by atoms with Gasteiger partial charge in [-0.25, -0.2) is 4.99 Å². The molecular formula is C24H37N3O3S. The number of nitrogens with zero attached hydrogens (tertiary/aromatic N) is 3. The van der Waals surface area contributed by atoms with Crippen molar-refractivity contribution in [3.63, 3.8) is 0 Å². The molecule has 0 radical (unpaired) electrons. The van der Waals surface area contributed by atoms with Crippen molar-refractivity contribution in [3.8, 4) is 0 Å². The van der Waals surface area contributed by atoms with Crippen LogP contribution in [-0.4, -0.2) is 43.5 Å². The summed E-state index contributed by atoms with van der Waals surface area (Å²) in [6.07, 6.45) is 10.2. The van der Waals surface area contributed by atoms with Crippen molar-refractivity contribution in [2.75, 3.05) is 5.75 Å². The number of nitro benzene ring substituents is 1. The zero-order valence-corrected chi connectivity index (χ0v) is 20.2. The number of amidine groups is 1. The first-order valence-electron chi connectivity index (χ1n) is 11.7. The van der Waals surface area contributed by atoms with E-state index in [4.69, 9.17) is 10.1 Å². The molecule has 2 fully saturated rings. The molecule has 31 heavy (non-hydrogen) atoms. The van der Waals surface area contributed by atoms with Crippen LogP contribution >= 0.6 is 11.8 Å². The number of benzene rings is 1. The Kier molecular flexibility index (Phi) is 8.03. The van der Waals surface area contributed by atoms with Gasteiger partial charge in [-0.1, -0.05) is 31.5 Å². The third kappa shape index (κ3) is 6.22. The topological polar surface area (TPSA) is 79.0 Å². The van der Waals surface area contributed by atoms with Gasteiger partial charge in [-0.15, -0.1) is 0 Å². The Bertz CT molecular complexity index is 807. The first-order valence-corrected chi connectivity index (χ1v) is 12.7. The number of thioether (sulfide) groups is 1. The smallest absolute Gasteiger partial charge is 0.273 e. The second kappa shape index (κ2) is 10.3. The molecule has 1 unspecified atom stereocenters. The van der Waals surface area contributed by atoms with Gasteiger partial charge in [0.1, 0.15) is 0 Å². The lowest BCUT2D eigenvalue weighted by atomic mass is 9.89. The van der Waals surface area contributed by atoms with Crippen LogP contribution in [0.15, 0.2) is 17.1 Å². The Morgan fingerprint density at radius 3 is 2.35 bits per heavy atom. The Morgan fingerprint density at radius 1 is 1.16 bits per heavy atom. The fourth-order valence-corrected chi connectivity index (χ4v) is 6.08. The van der Waals surface area contributed by atoms with Gasteiger partial charge < -0.3 is 10.0 Å². The molecule has 1 aliphatic heterocycles. The van der Waals surface area contributed by atoms with Crippen LogP contribution in [0, 0.1) is 10.1 Å². The summed E-state index contributed by atoms with van der Waals surface area (Å²) in [7, 11) is 0. The van der Waals surface area contributed by atoms with Crippen LogP contribution in [-0.2, 0) is 12.8 Å². The first-order chi connectivity index (χ1) is 14.7. The zero-order chi connectivity index (χ0) is 22.6. The molecule has 4 rings (SSSR count). The quantitative estimate of drug-likeness (QED) is 0.452. The molecule has 0 amide bonds. The molecule has 1 saturated carbocycles. The fraction of sp³-hybridized carbons (Fsp3) is 0.708. The van der Waals surface area contributed by atoms with Crippen LogP contribution in [0.25, 0.3) is 0 Å². The van der Waals surface area contributed by atoms with Crippen molar-refractivity contribution < 1.29 is 10.0 Å². The van der Waals surface area contributed by atoms with E-state index in [1.807, 2.05) is 17.8 Å². The molecule has 0 bridgehead atoms. The third-order valence-corrected chi connectivity index (χ3v) is 7.22. The highest BCUT2D eigenvalue weighted by Crippen LogP contribution is 2.39. The normalized spacial score (nSPS) is 22.9. The van der Waals surface area contributed by atoms with E-state index in [9.17, 15) is 10.1 Å². The molecule has 1 aromatic rings. The minimum absolute atomic E-state index is 0.233. The highest BCUT2D eigenvalue weighted by molar-refractivity contribution is 8.14. The number of aliphatic imine (C=N–C) groups is 1. The molecule has 172 valence electrons. The van der Waals surface area contributed by atoms with Crippen LogP contribution in [0.2, 0.25) is 0 Å². The van der Waals surface area contributed by atoms with Gasteiger partial charge in [0.25, 0.3) is 5.69 Å². The number of fused-ring (bicyclic) bond motifs is 1. The highest BCUT2D eigenvalue weighted by atomic mass is 32.2. The van der Waals surface area contributed by atoms with E-state index in [0.29, 0.717) is 12.1 Å². The molecule has 3 aliphatic rings. The number of nitro groups is 1. The molecular weight excluding hydrogens is 410 g/mol. The average molecular weight is 448 g/mol. The van der Waals surface area contributed by atoms with Crippen molar-refractivity contribution in [2.24, 2.45) is 4.99 Å². The van der Waals surface area contributed by atoms with Gasteiger partial charge in [0, 0.05) is 29.5 Å². The summed E-state index contributed by atoms with van der Waals surface area (Å²) < 4.78 is 0. The summed E-state index contributed by atoms with van der Waals surface area (Å²) >= 11 is 1.87. The van der Waals surface area contributed by atoms with Gasteiger partial charge in [0.2, 0.25) is 0 Å². The van der Waals surface area contributed by atoms with E-state index in [-0.39, 0.29) is 10.6 Å². The van der Waals surface area contributed by atoms with Crippen molar-refractivity contribution >= 4 is 28.3 Å². The van der Waals surface area contributed by atoms with E-state index >= 15 is 0 Å². The van der Waals surface area contributed by atoms with Crippen molar-refractivity contribution in [2.45, 2.75) is 103 Å². The number of aliphatic hydroxyl groups is 1. The minimum atomic E-state index is -0.500. The summed E-state index contributed by atoms with van der Waals surface area (Å²) in [6.45, 7) is 7.50. The summed E-state index contributed by atoms with van der Waals surface area (Å²) in [5.74, 6) is 1.11. The number of hydrogen-bond donors (Lipinski definition) is 1. The predicted molar refractivity (Wildman–Crippen MR) is 129 cm³/mol. The van der Waals surface area contributed by atoms with E-state index in [0.717, 1.165) is 59.8 Å². The monoisotopic (exact) mass is 447 g/mol. The van der Waals surface area contributed by atoms with Crippen molar-refractivity contribution in [3.05, 3.63) is 33.4 Å². The minimum Gasteiger partial charge on any atom is -0.391 e. The van der Waals surface area contributed by atoms with Crippen molar-refractivity contribution in [1.29, 1.82) is 0 Å². The maximum Gasteiger partial charge on any atom is 0.273 e. The van der Waals surface area contributed by atoms with E-state index in [1.54, 1.807) is 26.8 Å². The summed E-state index contributed by atoms with van der Waals surface area (Å²) in [5, 5.41) is 21.1. The molecule has 6 nitrogen and oxygen atoms in total. The lowest BCUT2D eigenvalue weighted by Gasteiger charge is -2.31. The Hall–Kier alpha value is -1.60. The maximum atomic E-state index is 11.4. The molecule has 1 N–H and O–H groups in total. The van der Waals surface area contributed by atoms with Crippen LogP contribution in [0.3, 0.4) is 0 Å². The van der Waals surface area contributed by atoms with E-state index in [1.165, 1.54) is 25.7 Å². The van der Waals surface area contributed by atoms with Crippen LogP contribution in [0.1, 0.15) is 83.8 Å². The number of hydrogen-bond acceptors (Lipinski definition) is 5. The molecule has 7 heteroatoms. The van der Waals surface area contributed by atoms with Crippen LogP contribution in [0.5, 0.6) is 0 Å². The molecule has 0 spiro atoms. The Morgan fingerprint density at radius 2 is 1.77 bits per heavy atom. The fourth-order valence-electron chi connectivity index (χ4n) is 4.73. The SMILES string of the molecule is CC(C)(C)O.CCC1CSC(=Nc2ccc([N+](=O)[O-])c3c2CCCC3)N1C1CCCC1. The number of rotatable bonds is 4. The standard InChI is InChI=1S/C20H27N3O2S.C4H10O/c1-2-14-13-26-20(22(14)15-7-3-4-8-15)21-18-11-12-19(23(24)25)17-10-6-5-9-16(17)18;1-4(2,3)5/h11-12,14-15H,2-10,13H2,1H3;5H,1-3H3. The molecule has 1 heterocycles. The second-order valence-corrected chi connectivity index (χ2v) is 10.8. The lowest BCUT2D eigenvalue weighted by molar-refractivity contribution is -0.385. The molecule has 1 aromatic carbocycles. The third-order valence-electron chi connectivity index (χ3n) is 6.11. The summed E-state index contributed by atoms with van der Waals surface area (Å²) in [4.78, 5) is 18.8. The second-order valence-electron chi connectivity index (χ2n) is 9.81. The molecule has 1 atom stereocenters. The summed E-state index contributed by atoms with van der Waals surface area (Å²) in [6, 6.07) is 4.75. The molecule has 2 aliphatic carbocycles. The molecule has 1 saturated heterocycles. The highest BCUT2D eigenvalue weighted by Gasteiger charge is 2.36. The van der Waals surface area contributed by atoms with Gasteiger partial charge in [-0.2, -0.15) is 0 Å². The summed E-state index contributed by atoms with van der Waals surface area (Å²) in [5.41, 5.74) is 2.78. The van der Waals surface area contributed by atoms with E-state index in [2.05, 4.69) is 11.8 Å². The van der Waals surface area contributed by atoms with Crippen molar-refractivity contribution in [1.82, 2.24) is 4.90 Å². The van der Waals surface area contributed by atoms with Crippen LogP contribution < -0.4 is 0 Å². The predicted octanol–water partition coefficient (Wildman–Crippen LogP) is 6.01. The Labute approximate surface area is 190 Å². The van der Waals surface area contributed by atoms with Gasteiger partial charge in [0.05, 0.1) is 16.2 Å². The Balaban J connectivity index is 0.000000491. The molecule has 0 aromatic heterocycles. The van der Waals surface area contributed by atoms with Gasteiger partial charge >= 0.3 is 0 Å². The van der Waals surface area contributed by atoms with Gasteiger partial charge in [-0.05, 0) is 77.3 Å². The average Bonchev–Trinajstić information content (AvgIpc) is 3.36.